The average Bonchev–Trinajstić information content (AvgIpc) is 2.48. The second kappa shape index (κ2) is 5.09. The Morgan fingerprint density at radius 2 is 2.40 bits per heavy atom. The van der Waals surface area contributed by atoms with E-state index >= 15 is 0 Å². The Bertz CT molecular complexity index is 349. The molecule has 2 N–H and O–H groups in total. The van der Waals surface area contributed by atoms with Crippen molar-refractivity contribution in [3.63, 3.8) is 0 Å². The SMILES string of the molecule is O=C(NCCc1ccc(Br)s1)C1CNC1. The van der Waals surface area contributed by atoms with Crippen molar-refractivity contribution in [2.45, 2.75) is 6.42 Å². The summed E-state index contributed by atoms with van der Waals surface area (Å²) in [6, 6.07) is 4.13. The molecule has 82 valence electrons. The van der Waals surface area contributed by atoms with E-state index in [4.69, 9.17) is 0 Å². The molecule has 1 saturated heterocycles. The van der Waals surface area contributed by atoms with Crippen LogP contribution >= 0.6 is 27.3 Å². The molecular weight excluding hydrogens is 276 g/mol. The van der Waals surface area contributed by atoms with Gasteiger partial charge in [0.1, 0.15) is 0 Å². The summed E-state index contributed by atoms with van der Waals surface area (Å²) in [7, 11) is 0. The van der Waals surface area contributed by atoms with Crippen molar-refractivity contribution < 1.29 is 4.79 Å². The number of hydrogen-bond acceptors (Lipinski definition) is 3. The van der Waals surface area contributed by atoms with Gasteiger partial charge in [0.25, 0.3) is 0 Å². The molecule has 0 aromatic carbocycles. The highest BCUT2D eigenvalue weighted by molar-refractivity contribution is 9.11. The van der Waals surface area contributed by atoms with Crippen molar-refractivity contribution in [3.05, 3.63) is 20.8 Å². The highest BCUT2D eigenvalue weighted by atomic mass is 79.9. The number of amides is 1. The standard InChI is InChI=1S/C10H13BrN2OS/c11-9-2-1-8(15-9)3-4-13-10(14)7-5-12-6-7/h1-2,7,12H,3-6H2,(H,13,14). The molecule has 1 amide bonds. The third-order valence-electron chi connectivity index (χ3n) is 2.45. The first kappa shape index (κ1) is 11.1. The average molecular weight is 289 g/mol. The Hall–Kier alpha value is -0.390. The number of thiophene rings is 1. The van der Waals surface area contributed by atoms with Crippen LogP contribution in [-0.2, 0) is 11.2 Å². The van der Waals surface area contributed by atoms with E-state index in [1.54, 1.807) is 11.3 Å². The Balaban J connectivity index is 1.68. The van der Waals surface area contributed by atoms with Gasteiger partial charge in [0, 0.05) is 24.5 Å². The number of hydrogen-bond donors (Lipinski definition) is 2. The molecule has 0 radical (unpaired) electrons. The Morgan fingerprint density at radius 1 is 1.60 bits per heavy atom. The third kappa shape index (κ3) is 3.03. The molecule has 1 aliphatic rings. The first-order valence-corrected chi connectivity index (χ1v) is 6.59. The minimum absolute atomic E-state index is 0.185. The van der Waals surface area contributed by atoms with Gasteiger partial charge in [-0.25, -0.2) is 0 Å². The summed E-state index contributed by atoms with van der Waals surface area (Å²) in [4.78, 5) is 12.8. The van der Waals surface area contributed by atoms with Gasteiger partial charge in [0.05, 0.1) is 9.70 Å². The van der Waals surface area contributed by atoms with Gasteiger partial charge in [-0.15, -0.1) is 11.3 Å². The highest BCUT2D eigenvalue weighted by Gasteiger charge is 2.23. The molecule has 15 heavy (non-hydrogen) atoms. The zero-order valence-corrected chi connectivity index (χ0v) is 10.7. The van der Waals surface area contributed by atoms with Crippen LogP contribution in [0.1, 0.15) is 4.88 Å². The van der Waals surface area contributed by atoms with Gasteiger partial charge >= 0.3 is 0 Å². The van der Waals surface area contributed by atoms with Gasteiger partial charge in [-0.3, -0.25) is 4.79 Å². The summed E-state index contributed by atoms with van der Waals surface area (Å²) in [5.74, 6) is 0.379. The molecule has 3 nitrogen and oxygen atoms in total. The lowest BCUT2D eigenvalue weighted by atomic mass is 10.0. The minimum Gasteiger partial charge on any atom is -0.355 e. The van der Waals surface area contributed by atoms with Crippen molar-refractivity contribution in [1.29, 1.82) is 0 Å². The van der Waals surface area contributed by atoms with Crippen LogP contribution in [0.4, 0.5) is 0 Å². The maximum Gasteiger partial charge on any atom is 0.225 e. The normalized spacial score (nSPS) is 16.1. The zero-order valence-electron chi connectivity index (χ0n) is 8.25. The fourth-order valence-electron chi connectivity index (χ4n) is 1.41. The number of carbonyl (C=O) groups excluding carboxylic acids is 1. The molecule has 1 aliphatic heterocycles. The van der Waals surface area contributed by atoms with Crippen LogP contribution in [0.15, 0.2) is 15.9 Å². The molecule has 0 saturated carbocycles. The molecule has 1 aromatic heterocycles. The predicted octanol–water partition coefficient (Wildman–Crippen LogP) is 1.39. The summed E-state index contributed by atoms with van der Waals surface area (Å²) in [5.41, 5.74) is 0. The molecule has 2 rings (SSSR count). The van der Waals surface area contributed by atoms with Crippen LogP contribution < -0.4 is 10.6 Å². The molecule has 1 aromatic rings. The topological polar surface area (TPSA) is 41.1 Å². The van der Waals surface area contributed by atoms with E-state index in [2.05, 4.69) is 32.6 Å². The van der Waals surface area contributed by atoms with Crippen LogP contribution in [0.2, 0.25) is 0 Å². The Labute approximate surface area is 101 Å². The van der Waals surface area contributed by atoms with Gasteiger partial charge in [-0.2, -0.15) is 0 Å². The molecule has 0 bridgehead atoms. The van der Waals surface area contributed by atoms with Gasteiger partial charge in [0.2, 0.25) is 5.91 Å². The summed E-state index contributed by atoms with van der Waals surface area (Å²) in [5, 5.41) is 6.04. The number of rotatable bonds is 4. The molecule has 0 spiro atoms. The molecule has 0 aliphatic carbocycles. The summed E-state index contributed by atoms with van der Waals surface area (Å²) in [6.45, 7) is 2.40. The lowest BCUT2D eigenvalue weighted by Gasteiger charge is -2.25. The van der Waals surface area contributed by atoms with Gasteiger partial charge < -0.3 is 10.6 Å². The first-order chi connectivity index (χ1) is 7.25. The van der Waals surface area contributed by atoms with E-state index in [9.17, 15) is 4.79 Å². The van der Waals surface area contributed by atoms with E-state index < -0.39 is 0 Å². The third-order valence-corrected chi connectivity index (χ3v) is 4.14. The monoisotopic (exact) mass is 288 g/mol. The van der Waals surface area contributed by atoms with E-state index in [1.165, 1.54) is 4.88 Å². The van der Waals surface area contributed by atoms with Gasteiger partial charge in [-0.05, 0) is 34.5 Å². The molecular formula is C10H13BrN2OS. The van der Waals surface area contributed by atoms with Gasteiger partial charge in [-0.1, -0.05) is 0 Å². The molecule has 1 fully saturated rings. The lowest BCUT2D eigenvalue weighted by molar-refractivity contribution is -0.126. The summed E-state index contributed by atoms with van der Waals surface area (Å²) in [6.07, 6.45) is 0.919. The van der Waals surface area contributed by atoms with E-state index in [0.29, 0.717) is 0 Å². The van der Waals surface area contributed by atoms with Gasteiger partial charge in [0.15, 0.2) is 0 Å². The molecule has 2 heterocycles. The van der Waals surface area contributed by atoms with Crippen LogP contribution in [0.5, 0.6) is 0 Å². The molecule has 0 atom stereocenters. The predicted molar refractivity (Wildman–Crippen MR) is 65.1 cm³/mol. The fourth-order valence-corrected chi connectivity index (χ4v) is 2.90. The molecule has 5 heteroatoms. The maximum atomic E-state index is 11.5. The van der Waals surface area contributed by atoms with Crippen molar-refractivity contribution in [2.75, 3.05) is 19.6 Å². The Morgan fingerprint density at radius 3 is 2.93 bits per heavy atom. The van der Waals surface area contributed by atoms with E-state index in [-0.39, 0.29) is 11.8 Å². The largest absolute Gasteiger partial charge is 0.355 e. The minimum atomic E-state index is 0.185. The van der Waals surface area contributed by atoms with E-state index in [0.717, 1.165) is 29.8 Å². The lowest BCUT2D eigenvalue weighted by Crippen LogP contribution is -2.51. The fraction of sp³-hybridized carbons (Fsp3) is 0.500. The quantitative estimate of drug-likeness (QED) is 0.879. The number of carbonyl (C=O) groups is 1. The second-order valence-electron chi connectivity index (χ2n) is 3.60. The molecule has 0 unspecified atom stereocenters. The van der Waals surface area contributed by atoms with Crippen LogP contribution in [-0.4, -0.2) is 25.5 Å². The highest BCUT2D eigenvalue weighted by Crippen LogP contribution is 2.22. The van der Waals surface area contributed by atoms with Crippen molar-refractivity contribution >= 4 is 33.2 Å². The first-order valence-electron chi connectivity index (χ1n) is 4.98. The number of halogens is 1. The van der Waals surface area contributed by atoms with E-state index in [1.807, 2.05) is 6.07 Å². The second-order valence-corrected chi connectivity index (χ2v) is 6.15. The van der Waals surface area contributed by atoms with Crippen molar-refractivity contribution in [2.24, 2.45) is 5.92 Å². The van der Waals surface area contributed by atoms with Crippen LogP contribution in [0.25, 0.3) is 0 Å². The van der Waals surface area contributed by atoms with Crippen molar-refractivity contribution in [1.82, 2.24) is 10.6 Å². The summed E-state index contributed by atoms with van der Waals surface area (Å²) < 4.78 is 1.15. The van der Waals surface area contributed by atoms with Crippen LogP contribution in [0.3, 0.4) is 0 Å². The Kier molecular flexibility index (Phi) is 3.77. The maximum absolute atomic E-state index is 11.5. The van der Waals surface area contributed by atoms with Crippen molar-refractivity contribution in [3.8, 4) is 0 Å². The summed E-state index contributed by atoms with van der Waals surface area (Å²) >= 11 is 5.14. The number of nitrogens with one attached hydrogen (secondary N) is 2. The zero-order chi connectivity index (χ0) is 10.7. The van der Waals surface area contributed by atoms with Crippen LogP contribution in [0, 0.1) is 5.92 Å². The smallest absolute Gasteiger partial charge is 0.225 e.